The summed E-state index contributed by atoms with van der Waals surface area (Å²) in [5.41, 5.74) is 6.97. The molecule has 0 aliphatic carbocycles. The lowest BCUT2D eigenvalue weighted by Gasteiger charge is -2.24. The van der Waals surface area contributed by atoms with Crippen molar-refractivity contribution in [2.75, 3.05) is 19.6 Å². The van der Waals surface area contributed by atoms with Crippen LogP contribution in [0.2, 0.25) is 0 Å². The number of rotatable bonds is 3. The Morgan fingerprint density at radius 2 is 2.47 bits per heavy atom. The molecule has 3 nitrogen and oxygen atoms in total. The molecule has 84 valence electrons. The van der Waals surface area contributed by atoms with E-state index in [9.17, 15) is 0 Å². The minimum atomic E-state index is 0.471. The second kappa shape index (κ2) is 4.60. The van der Waals surface area contributed by atoms with Crippen LogP contribution in [0.4, 0.5) is 0 Å². The number of nitrogens with two attached hydrogens (primary N) is 1. The molecule has 2 N–H and O–H groups in total. The molecule has 1 aliphatic rings. The molecule has 15 heavy (non-hydrogen) atoms. The first-order valence-corrected chi connectivity index (χ1v) is 6.50. The van der Waals surface area contributed by atoms with Crippen molar-refractivity contribution in [1.29, 1.82) is 0 Å². The number of aryl methyl sites for hydroxylation is 1. The van der Waals surface area contributed by atoms with Gasteiger partial charge in [0.05, 0.1) is 6.04 Å². The maximum atomic E-state index is 5.84. The number of aromatic nitrogens is 1. The molecule has 2 unspecified atom stereocenters. The number of thiazole rings is 1. The standard InChI is InChI=1S/C11H19N3S/c1-3-14-5-4-9(6-12)10(14)11-13-8(2)7-15-11/h7,9-10H,3-6,12H2,1-2H3. The van der Waals surface area contributed by atoms with Crippen LogP contribution >= 0.6 is 11.3 Å². The zero-order valence-electron chi connectivity index (χ0n) is 9.44. The summed E-state index contributed by atoms with van der Waals surface area (Å²) in [6.07, 6.45) is 1.22. The molecular formula is C11H19N3S. The van der Waals surface area contributed by atoms with E-state index >= 15 is 0 Å². The maximum Gasteiger partial charge on any atom is 0.110 e. The van der Waals surface area contributed by atoms with Gasteiger partial charge in [0.25, 0.3) is 0 Å². The zero-order chi connectivity index (χ0) is 10.8. The van der Waals surface area contributed by atoms with Gasteiger partial charge in [-0.15, -0.1) is 11.3 Å². The van der Waals surface area contributed by atoms with Crippen LogP contribution in [-0.2, 0) is 0 Å². The van der Waals surface area contributed by atoms with Crippen molar-refractivity contribution in [1.82, 2.24) is 9.88 Å². The molecule has 0 radical (unpaired) electrons. The topological polar surface area (TPSA) is 42.1 Å². The van der Waals surface area contributed by atoms with Gasteiger partial charge in [0.1, 0.15) is 5.01 Å². The average molecular weight is 225 g/mol. The van der Waals surface area contributed by atoms with E-state index in [2.05, 4.69) is 29.1 Å². The van der Waals surface area contributed by atoms with E-state index in [0.29, 0.717) is 12.0 Å². The van der Waals surface area contributed by atoms with Crippen LogP contribution in [0, 0.1) is 12.8 Å². The minimum Gasteiger partial charge on any atom is -0.330 e. The van der Waals surface area contributed by atoms with Gasteiger partial charge in [-0.1, -0.05) is 6.92 Å². The molecule has 1 aromatic rings. The third-order valence-corrected chi connectivity index (χ3v) is 4.26. The van der Waals surface area contributed by atoms with Gasteiger partial charge in [-0.3, -0.25) is 4.90 Å². The van der Waals surface area contributed by atoms with Gasteiger partial charge in [0, 0.05) is 11.1 Å². The lowest BCUT2D eigenvalue weighted by atomic mass is 10.0. The van der Waals surface area contributed by atoms with Crippen molar-refractivity contribution < 1.29 is 0 Å². The maximum absolute atomic E-state index is 5.84. The van der Waals surface area contributed by atoms with Crippen molar-refractivity contribution in [3.63, 3.8) is 0 Å². The molecule has 2 atom stereocenters. The van der Waals surface area contributed by atoms with E-state index < -0.39 is 0 Å². The Hall–Kier alpha value is -0.450. The first-order chi connectivity index (χ1) is 7.26. The van der Waals surface area contributed by atoms with Crippen LogP contribution in [0.25, 0.3) is 0 Å². The van der Waals surface area contributed by atoms with E-state index in [1.165, 1.54) is 18.0 Å². The fourth-order valence-electron chi connectivity index (χ4n) is 2.39. The second-order valence-electron chi connectivity index (χ2n) is 4.19. The van der Waals surface area contributed by atoms with Gasteiger partial charge in [0.2, 0.25) is 0 Å². The van der Waals surface area contributed by atoms with Crippen molar-refractivity contribution in [3.05, 3.63) is 16.1 Å². The minimum absolute atomic E-state index is 0.471. The number of hydrogen-bond donors (Lipinski definition) is 1. The van der Waals surface area contributed by atoms with E-state index in [1.54, 1.807) is 11.3 Å². The summed E-state index contributed by atoms with van der Waals surface area (Å²) >= 11 is 1.78. The zero-order valence-corrected chi connectivity index (χ0v) is 10.3. The smallest absolute Gasteiger partial charge is 0.110 e. The highest BCUT2D eigenvalue weighted by Gasteiger charge is 2.35. The van der Waals surface area contributed by atoms with E-state index in [-0.39, 0.29) is 0 Å². The quantitative estimate of drug-likeness (QED) is 0.853. The SMILES string of the molecule is CCN1CCC(CN)C1c1nc(C)cs1. The lowest BCUT2D eigenvalue weighted by Crippen LogP contribution is -2.27. The largest absolute Gasteiger partial charge is 0.330 e. The monoisotopic (exact) mass is 225 g/mol. The van der Waals surface area contributed by atoms with Crippen LogP contribution in [0.5, 0.6) is 0 Å². The van der Waals surface area contributed by atoms with Crippen molar-refractivity contribution >= 4 is 11.3 Å². The third kappa shape index (κ3) is 2.07. The normalized spacial score (nSPS) is 27.4. The van der Waals surface area contributed by atoms with Crippen LogP contribution in [0.1, 0.15) is 30.1 Å². The number of hydrogen-bond acceptors (Lipinski definition) is 4. The van der Waals surface area contributed by atoms with Crippen LogP contribution < -0.4 is 5.73 Å². The van der Waals surface area contributed by atoms with Gasteiger partial charge in [-0.2, -0.15) is 0 Å². The van der Waals surface area contributed by atoms with Crippen molar-refractivity contribution in [2.45, 2.75) is 26.3 Å². The summed E-state index contributed by atoms with van der Waals surface area (Å²) in [6.45, 7) is 7.32. The lowest BCUT2D eigenvalue weighted by molar-refractivity contribution is 0.241. The Labute approximate surface area is 95.3 Å². The fourth-order valence-corrected chi connectivity index (χ4v) is 3.42. The summed E-state index contributed by atoms with van der Waals surface area (Å²) < 4.78 is 0. The fraction of sp³-hybridized carbons (Fsp3) is 0.727. The van der Waals surface area contributed by atoms with Crippen LogP contribution in [-0.4, -0.2) is 29.5 Å². The molecule has 1 aliphatic heterocycles. The summed E-state index contributed by atoms with van der Waals surface area (Å²) in [6, 6.07) is 0.471. The molecule has 1 aromatic heterocycles. The van der Waals surface area contributed by atoms with Crippen molar-refractivity contribution in [2.24, 2.45) is 11.7 Å². The molecule has 0 aromatic carbocycles. The van der Waals surface area contributed by atoms with Gasteiger partial charge in [-0.05, 0) is 38.9 Å². The molecule has 1 saturated heterocycles. The van der Waals surface area contributed by atoms with Gasteiger partial charge >= 0.3 is 0 Å². The Morgan fingerprint density at radius 3 is 3.00 bits per heavy atom. The number of nitrogens with zero attached hydrogens (tertiary/aromatic N) is 2. The van der Waals surface area contributed by atoms with E-state index in [0.717, 1.165) is 18.8 Å². The molecule has 4 heteroatoms. The van der Waals surface area contributed by atoms with Gasteiger partial charge < -0.3 is 5.73 Å². The van der Waals surface area contributed by atoms with Crippen LogP contribution in [0.3, 0.4) is 0 Å². The molecule has 0 spiro atoms. The molecule has 2 heterocycles. The first-order valence-electron chi connectivity index (χ1n) is 5.62. The van der Waals surface area contributed by atoms with E-state index in [1.807, 2.05) is 0 Å². The van der Waals surface area contributed by atoms with Crippen LogP contribution in [0.15, 0.2) is 5.38 Å². The molecule has 0 saturated carbocycles. The van der Waals surface area contributed by atoms with Gasteiger partial charge in [0.15, 0.2) is 0 Å². The second-order valence-corrected chi connectivity index (χ2v) is 5.07. The predicted octanol–water partition coefficient (Wildman–Crippen LogP) is 1.79. The third-order valence-electron chi connectivity index (χ3n) is 3.23. The van der Waals surface area contributed by atoms with Gasteiger partial charge in [-0.25, -0.2) is 4.98 Å². The summed E-state index contributed by atoms with van der Waals surface area (Å²) in [7, 11) is 0. The molecular weight excluding hydrogens is 206 g/mol. The summed E-state index contributed by atoms with van der Waals surface area (Å²) in [4.78, 5) is 7.11. The van der Waals surface area contributed by atoms with Crippen molar-refractivity contribution in [3.8, 4) is 0 Å². The molecule has 0 amide bonds. The molecule has 0 bridgehead atoms. The Balaban J connectivity index is 2.22. The molecule has 2 rings (SSSR count). The predicted molar refractivity (Wildman–Crippen MR) is 64.0 cm³/mol. The van der Waals surface area contributed by atoms with E-state index in [4.69, 9.17) is 5.73 Å². The highest BCUT2D eigenvalue weighted by Crippen LogP contribution is 2.37. The summed E-state index contributed by atoms with van der Waals surface area (Å²) in [5.74, 6) is 0.593. The highest BCUT2D eigenvalue weighted by molar-refractivity contribution is 7.09. The molecule has 1 fully saturated rings. The first kappa shape index (κ1) is 11.0. The number of likely N-dealkylation sites (tertiary alicyclic amines) is 1. The highest BCUT2D eigenvalue weighted by atomic mass is 32.1. The Bertz CT molecular complexity index is 311. The average Bonchev–Trinajstić information content (AvgIpc) is 2.82. The Morgan fingerprint density at radius 1 is 1.67 bits per heavy atom. The summed E-state index contributed by atoms with van der Waals surface area (Å²) in [5, 5.41) is 3.39. The Kier molecular flexibility index (Phi) is 3.38.